The second-order valence-corrected chi connectivity index (χ2v) is 5.09. The van der Waals surface area contributed by atoms with Crippen molar-refractivity contribution in [3.05, 3.63) is 29.8 Å². The Morgan fingerprint density at radius 3 is 2.89 bits per heavy atom. The molecule has 0 aromatic heterocycles. The van der Waals surface area contributed by atoms with E-state index in [2.05, 4.69) is 11.4 Å². The average Bonchev–Trinajstić information content (AvgIpc) is 2.69. The lowest BCUT2D eigenvalue weighted by atomic mass is 9.79. The van der Waals surface area contributed by atoms with Crippen LogP contribution in [0.1, 0.15) is 18.4 Å². The SMILES string of the molecule is O=C(O)C1CCC1NCC1Cc2ccccc2O1. The topological polar surface area (TPSA) is 58.6 Å². The highest BCUT2D eigenvalue weighted by atomic mass is 16.5. The van der Waals surface area contributed by atoms with Crippen molar-refractivity contribution in [3.8, 4) is 5.75 Å². The molecule has 1 saturated carbocycles. The predicted octanol–water partition coefficient (Wildman–Crippen LogP) is 1.44. The van der Waals surface area contributed by atoms with Gasteiger partial charge in [-0.1, -0.05) is 18.2 Å². The van der Waals surface area contributed by atoms with Crippen LogP contribution in [-0.4, -0.2) is 29.8 Å². The molecule has 0 radical (unpaired) electrons. The van der Waals surface area contributed by atoms with Crippen LogP contribution < -0.4 is 10.1 Å². The molecular weight excluding hydrogens is 230 g/mol. The molecule has 1 heterocycles. The molecule has 2 aliphatic rings. The van der Waals surface area contributed by atoms with Gasteiger partial charge in [0.25, 0.3) is 0 Å². The molecule has 3 unspecified atom stereocenters. The number of rotatable bonds is 4. The molecule has 1 aliphatic heterocycles. The summed E-state index contributed by atoms with van der Waals surface area (Å²) >= 11 is 0. The van der Waals surface area contributed by atoms with E-state index < -0.39 is 5.97 Å². The highest BCUT2D eigenvalue weighted by Gasteiger charge is 2.36. The molecule has 2 N–H and O–H groups in total. The first-order chi connectivity index (χ1) is 8.74. The van der Waals surface area contributed by atoms with Gasteiger partial charge in [0.15, 0.2) is 0 Å². The second-order valence-electron chi connectivity index (χ2n) is 5.09. The first-order valence-corrected chi connectivity index (χ1v) is 6.45. The summed E-state index contributed by atoms with van der Waals surface area (Å²) in [5.41, 5.74) is 1.24. The number of carboxylic acid groups (broad SMARTS) is 1. The molecule has 0 amide bonds. The average molecular weight is 247 g/mol. The number of para-hydroxylation sites is 1. The van der Waals surface area contributed by atoms with Crippen LogP contribution in [0.4, 0.5) is 0 Å². The Morgan fingerprint density at radius 2 is 2.22 bits per heavy atom. The fourth-order valence-corrected chi connectivity index (χ4v) is 2.69. The van der Waals surface area contributed by atoms with E-state index in [-0.39, 0.29) is 18.1 Å². The molecule has 4 nitrogen and oxygen atoms in total. The van der Waals surface area contributed by atoms with Crippen molar-refractivity contribution in [3.63, 3.8) is 0 Å². The maximum absolute atomic E-state index is 10.9. The monoisotopic (exact) mass is 247 g/mol. The third kappa shape index (κ3) is 2.08. The van der Waals surface area contributed by atoms with E-state index in [1.54, 1.807) is 0 Å². The zero-order valence-electron chi connectivity index (χ0n) is 10.1. The van der Waals surface area contributed by atoms with Crippen molar-refractivity contribution >= 4 is 5.97 Å². The van der Waals surface area contributed by atoms with Crippen LogP contribution in [0.15, 0.2) is 24.3 Å². The number of hydrogen-bond acceptors (Lipinski definition) is 3. The lowest BCUT2D eigenvalue weighted by molar-refractivity contribution is -0.146. The third-order valence-electron chi connectivity index (χ3n) is 3.91. The summed E-state index contributed by atoms with van der Waals surface area (Å²) in [6.45, 7) is 0.725. The zero-order chi connectivity index (χ0) is 12.5. The smallest absolute Gasteiger partial charge is 0.308 e. The van der Waals surface area contributed by atoms with Crippen molar-refractivity contribution in [2.75, 3.05) is 6.54 Å². The molecule has 1 fully saturated rings. The maximum atomic E-state index is 10.9. The predicted molar refractivity (Wildman–Crippen MR) is 66.7 cm³/mol. The molecule has 0 saturated heterocycles. The number of aliphatic carboxylic acids is 1. The third-order valence-corrected chi connectivity index (χ3v) is 3.91. The van der Waals surface area contributed by atoms with Gasteiger partial charge >= 0.3 is 5.97 Å². The molecule has 1 aromatic rings. The van der Waals surface area contributed by atoms with Crippen molar-refractivity contribution in [1.82, 2.24) is 5.32 Å². The van der Waals surface area contributed by atoms with Gasteiger partial charge in [0.2, 0.25) is 0 Å². The standard InChI is InChI=1S/C14H17NO3/c16-14(17)11-5-6-12(11)15-8-10-7-9-3-1-2-4-13(9)18-10/h1-4,10-12,15H,5-8H2,(H,16,17). The number of nitrogens with one attached hydrogen (secondary N) is 1. The van der Waals surface area contributed by atoms with Gasteiger partial charge in [0, 0.05) is 19.0 Å². The van der Waals surface area contributed by atoms with Crippen LogP contribution in [0.25, 0.3) is 0 Å². The first-order valence-electron chi connectivity index (χ1n) is 6.45. The quantitative estimate of drug-likeness (QED) is 0.845. The lowest BCUT2D eigenvalue weighted by Gasteiger charge is -2.34. The minimum Gasteiger partial charge on any atom is -0.488 e. The molecule has 96 valence electrons. The number of carbonyl (C=O) groups is 1. The molecule has 3 rings (SSSR count). The van der Waals surface area contributed by atoms with E-state index in [4.69, 9.17) is 9.84 Å². The summed E-state index contributed by atoms with van der Waals surface area (Å²) in [5.74, 6) is 0.0656. The fraction of sp³-hybridized carbons (Fsp3) is 0.500. The van der Waals surface area contributed by atoms with E-state index in [1.165, 1.54) is 5.56 Å². The van der Waals surface area contributed by atoms with E-state index >= 15 is 0 Å². The highest BCUT2D eigenvalue weighted by Crippen LogP contribution is 2.30. The summed E-state index contributed by atoms with van der Waals surface area (Å²) in [5, 5.41) is 12.3. The van der Waals surface area contributed by atoms with Gasteiger partial charge in [-0.05, 0) is 24.5 Å². The van der Waals surface area contributed by atoms with Gasteiger partial charge in [-0.15, -0.1) is 0 Å². The summed E-state index contributed by atoms with van der Waals surface area (Å²) in [4.78, 5) is 10.9. The summed E-state index contributed by atoms with van der Waals surface area (Å²) in [6, 6.07) is 8.18. The molecule has 3 atom stereocenters. The van der Waals surface area contributed by atoms with E-state index in [9.17, 15) is 4.79 Å². The molecule has 0 bridgehead atoms. The van der Waals surface area contributed by atoms with Crippen molar-refractivity contribution in [2.45, 2.75) is 31.4 Å². The van der Waals surface area contributed by atoms with Gasteiger partial charge in [-0.25, -0.2) is 0 Å². The van der Waals surface area contributed by atoms with Gasteiger partial charge in [0.05, 0.1) is 5.92 Å². The minimum atomic E-state index is -0.686. The molecule has 1 aromatic carbocycles. The largest absolute Gasteiger partial charge is 0.488 e. The number of benzene rings is 1. The van der Waals surface area contributed by atoms with Gasteiger partial charge in [-0.3, -0.25) is 4.79 Å². The molecule has 0 spiro atoms. The second kappa shape index (κ2) is 4.61. The highest BCUT2D eigenvalue weighted by molar-refractivity contribution is 5.72. The minimum absolute atomic E-state index is 0.120. The molecule has 1 aliphatic carbocycles. The van der Waals surface area contributed by atoms with Crippen LogP contribution in [-0.2, 0) is 11.2 Å². The maximum Gasteiger partial charge on any atom is 0.308 e. The Morgan fingerprint density at radius 1 is 1.39 bits per heavy atom. The Balaban J connectivity index is 1.50. The van der Waals surface area contributed by atoms with Gasteiger partial charge < -0.3 is 15.2 Å². The lowest BCUT2D eigenvalue weighted by Crippen LogP contribution is -2.50. The van der Waals surface area contributed by atoms with Crippen LogP contribution in [0.3, 0.4) is 0 Å². The van der Waals surface area contributed by atoms with Crippen molar-refractivity contribution in [1.29, 1.82) is 0 Å². The number of ether oxygens (including phenoxy) is 1. The van der Waals surface area contributed by atoms with Gasteiger partial charge in [-0.2, -0.15) is 0 Å². The van der Waals surface area contributed by atoms with Crippen molar-refractivity contribution < 1.29 is 14.6 Å². The van der Waals surface area contributed by atoms with Crippen LogP contribution in [0.5, 0.6) is 5.75 Å². The van der Waals surface area contributed by atoms with Crippen LogP contribution >= 0.6 is 0 Å². The normalized spacial score (nSPS) is 29.2. The number of carboxylic acids is 1. The van der Waals surface area contributed by atoms with Crippen molar-refractivity contribution in [2.24, 2.45) is 5.92 Å². The Hall–Kier alpha value is -1.55. The van der Waals surface area contributed by atoms with Gasteiger partial charge in [0.1, 0.15) is 11.9 Å². The first kappa shape index (κ1) is 11.5. The number of fused-ring (bicyclic) bond motifs is 1. The molecule has 4 heteroatoms. The number of hydrogen-bond donors (Lipinski definition) is 2. The summed E-state index contributed by atoms with van der Waals surface area (Å²) < 4.78 is 5.81. The summed E-state index contributed by atoms with van der Waals surface area (Å²) in [6.07, 6.45) is 2.79. The Bertz CT molecular complexity index is 435. The van der Waals surface area contributed by atoms with Crippen LogP contribution in [0.2, 0.25) is 0 Å². The fourth-order valence-electron chi connectivity index (χ4n) is 2.69. The Labute approximate surface area is 106 Å². The van der Waals surface area contributed by atoms with E-state index in [0.717, 1.165) is 31.6 Å². The molecular formula is C14H17NO3. The van der Waals surface area contributed by atoms with E-state index in [0.29, 0.717) is 0 Å². The summed E-state index contributed by atoms with van der Waals surface area (Å²) in [7, 11) is 0. The van der Waals surface area contributed by atoms with E-state index in [1.807, 2.05) is 18.2 Å². The zero-order valence-corrected chi connectivity index (χ0v) is 10.1. The van der Waals surface area contributed by atoms with Crippen LogP contribution in [0, 0.1) is 5.92 Å². The Kier molecular flexibility index (Phi) is 2.96. The molecule has 18 heavy (non-hydrogen) atoms.